The molecule has 0 atom stereocenters. The van der Waals surface area contributed by atoms with E-state index in [4.69, 9.17) is 11.6 Å². The summed E-state index contributed by atoms with van der Waals surface area (Å²) in [4.78, 5) is 12.6. The van der Waals surface area contributed by atoms with Crippen molar-refractivity contribution in [2.45, 2.75) is 6.54 Å². The van der Waals surface area contributed by atoms with Gasteiger partial charge in [0, 0.05) is 28.5 Å². The van der Waals surface area contributed by atoms with E-state index in [9.17, 15) is 9.18 Å². The molecule has 0 fully saturated rings. The van der Waals surface area contributed by atoms with Gasteiger partial charge in [0.25, 0.3) is 5.91 Å². The normalized spacial score (nSPS) is 11.2. The van der Waals surface area contributed by atoms with Gasteiger partial charge in [-0.1, -0.05) is 41.9 Å². The Labute approximate surface area is 211 Å². The number of amides is 1. The number of nitrogens with one attached hydrogen (secondary N) is 1. The number of para-hydroxylation sites is 1. The van der Waals surface area contributed by atoms with Crippen molar-refractivity contribution in [1.82, 2.24) is 25.0 Å². The maximum atomic E-state index is 13.5. The third-order valence-corrected chi connectivity index (χ3v) is 5.63. The van der Waals surface area contributed by atoms with Crippen molar-refractivity contribution in [2.24, 2.45) is 5.10 Å². The second kappa shape index (κ2) is 10.4. The topological polar surface area (TPSA) is 77.1 Å². The number of carbonyl (C=O) groups is 1. The van der Waals surface area contributed by atoms with Crippen molar-refractivity contribution >= 4 is 23.7 Å². The molecule has 0 spiro atoms. The highest BCUT2D eigenvalue weighted by molar-refractivity contribution is 6.30. The SMILES string of the molecule is O=C(N/N=C\c1cn(-c2ccccc2)nc1-c1ccc(F)cc1)c1ccn(Cc2ccc(Cl)cc2)n1. The number of aromatic nitrogens is 4. The van der Waals surface area contributed by atoms with Crippen LogP contribution in [0.25, 0.3) is 16.9 Å². The number of hydrogen-bond donors (Lipinski definition) is 1. The Balaban J connectivity index is 1.33. The molecule has 0 aliphatic heterocycles. The van der Waals surface area contributed by atoms with Crippen LogP contribution in [-0.4, -0.2) is 31.7 Å². The molecule has 178 valence electrons. The zero-order chi connectivity index (χ0) is 24.9. The number of carbonyl (C=O) groups excluding carboxylic acids is 1. The van der Waals surface area contributed by atoms with E-state index in [2.05, 4.69) is 20.7 Å². The molecule has 7 nitrogen and oxygen atoms in total. The Morgan fingerprint density at radius 3 is 2.47 bits per heavy atom. The van der Waals surface area contributed by atoms with E-state index in [-0.39, 0.29) is 11.5 Å². The molecular formula is C27H20ClFN6O. The molecule has 0 bridgehead atoms. The summed E-state index contributed by atoms with van der Waals surface area (Å²) in [5.41, 5.74) is 6.59. The van der Waals surface area contributed by atoms with Crippen LogP contribution in [0.2, 0.25) is 5.02 Å². The predicted molar refractivity (Wildman–Crippen MR) is 137 cm³/mol. The smallest absolute Gasteiger partial charge is 0.268 e. The lowest BCUT2D eigenvalue weighted by atomic mass is 10.1. The van der Waals surface area contributed by atoms with Gasteiger partial charge in [-0.2, -0.15) is 15.3 Å². The maximum Gasteiger partial charge on any atom is 0.291 e. The van der Waals surface area contributed by atoms with E-state index in [1.165, 1.54) is 18.3 Å². The van der Waals surface area contributed by atoms with E-state index >= 15 is 0 Å². The Morgan fingerprint density at radius 1 is 0.972 bits per heavy atom. The molecule has 1 N–H and O–H groups in total. The van der Waals surface area contributed by atoms with Gasteiger partial charge >= 0.3 is 0 Å². The predicted octanol–water partition coefficient (Wildman–Crippen LogP) is 5.34. The van der Waals surface area contributed by atoms with E-state index < -0.39 is 5.91 Å². The molecule has 36 heavy (non-hydrogen) atoms. The molecule has 0 aliphatic carbocycles. The summed E-state index contributed by atoms with van der Waals surface area (Å²) >= 11 is 5.93. The molecule has 0 aliphatic rings. The Bertz CT molecular complexity index is 1510. The van der Waals surface area contributed by atoms with Gasteiger partial charge in [-0.05, 0) is 60.2 Å². The van der Waals surface area contributed by atoms with Crippen LogP contribution in [0.3, 0.4) is 0 Å². The van der Waals surface area contributed by atoms with Crippen molar-refractivity contribution in [2.75, 3.05) is 0 Å². The van der Waals surface area contributed by atoms with Gasteiger partial charge in [0.1, 0.15) is 11.5 Å². The molecule has 2 heterocycles. The van der Waals surface area contributed by atoms with Crippen molar-refractivity contribution in [3.63, 3.8) is 0 Å². The molecule has 5 rings (SSSR count). The van der Waals surface area contributed by atoms with E-state index in [1.54, 1.807) is 40.0 Å². The zero-order valence-corrected chi connectivity index (χ0v) is 19.7. The van der Waals surface area contributed by atoms with Crippen LogP contribution < -0.4 is 5.43 Å². The van der Waals surface area contributed by atoms with Crippen LogP contribution in [-0.2, 0) is 6.54 Å². The number of hydrazone groups is 1. The number of rotatable bonds is 7. The largest absolute Gasteiger partial charge is 0.291 e. The Kier molecular flexibility index (Phi) is 6.68. The summed E-state index contributed by atoms with van der Waals surface area (Å²) in [7, 11) is 0. The first-order valence-corrected chi connectivity index (χ1v) is 11.5. The summed E-state index contributed by atoms with van der Waals surface area (Å²) in [6.07, 6.45) is 5.03. The fraction of sp³-hybridized carbons (Fsp3) is 0.0370. The fourth-order valence-electron chi connectivity index (χ4n) is 3.59. The minimum Gasteiger partial charge on any atom is -0.268 e. The molecule has 2 aromatic heterocycles. The second-order valence-electron chi connectivity index (χ2n) is 7.94. The first-order chi connectivity index (χ1) is 17.5. The lowest BCUT2D eigenvalue weighted by Gasteiger charge is -2.02. The molecule has 0 saturated heterocycles. The highest BCUT2D eigenvalue weighted by Crippen LogP contribution is 2.23. The van der Waals surface area contributed by atoms with Crippen LogP contribution >= 0.6 is 11.6 Å². The highest BCUT2D eigenvalue weighted by Gasteiger charge is 2.13. The van der Waals surface area contributed by atoms with Gasteiger partial charge < -0.3 is 0 Å². The lowest BCUT2D eigenvalue weighted by Crippen LogP contribution is -2.18. The molecule has 3 aromatic carbocycles. The zero-order valence-electron chi connectivity index (χ0n) is 18.9. The van der Waals surface area contributed by atoms with Crippen molar-refractivity contribution in [3.05, 3.63) is 125 Å². The Hall–Kier alpha value is -4.56. The van der Waals surface area contributed by atoms with Gasteiger partial charge in [0.2, 0.25) is 0 Å². The molecule has 0 unspecified atom stereocenters. The Morgan fingerprint density at radius 2 is 1.72 bits per heavy atom. The van der Waals surface area contributed by atoms with Gasteiger partial charge in [0.05, 0.1) is 18.4 Å². The molecule has 5 aromatic rings. The first kappa shape index (κ1) is 23.2. The highest BCUT2D eigenvalue weighted by atomic mass is 35.5. The van der Waals surface area contributed by atoms with Crippen LogP contribution in [0.5, 0.6) is 0 Å². The summed E-state index contributed by atoms with van der Waals surface area (Å²) in [6, 6.07) is 24.7. The minimum absolute atomic E-state index is 0.236. The average molecular weight is 499 g/mol. The monoisotopic (exact) mass is 498 g/mol. The standard InChI is InChI=1S/C27H20ClFN6O/c28-22-10-6-19(7-11-22)17-34-15-14-25(32-34)27(36)31-30-16-21-18-35(24-4-2-1-3-5-24)33-26(21)20-8-12-23(29)13-9-20/h1-16,18H,17H2,(H,31,36)/b30-16-. The van der Waals surface area contributed by atoms with Gasteiger partial charge in [-0.15, -0.1) is 0 Å². The van der Waals surface area contributed by atoms with Gasteiger partial charge in [-0.25, -0.2) is 14.5 Å². The lowest BCUT2D eigenvalue weighted by molar-refractivity contribution is 0.0949. The quantitative estimate of drug-likeness (QED) is 0.243. The average Bonchev–Trinajstić information content (AvgIpc) is 3.54. The van der Waals surface area contributed by atoms with Crippen molar-refractivity contribution < 1.29 is 9.18 Å². The molecule has 9 heteroatoms. The fourth-order valence-corrected chi connectivity index (χ4v) is 3.72. The molecule has 0 saturated carbocycles. The number of nitrogens with zero attached hydrogens (tertiary/aromatic N) is 5. The second-order valence-corrected chi connectivity index (χ2v) is 8.38. The van der Waals surface area contributed by atoms with Crippen LogP contribution in [0.1, 0.15) is 21.6 Å². The van der Waals surface area contributed by atoms with E-state index in [0.29, 0.717) is 22.8 Å². The molecule has 1 amide bonds. The number of hydrogen-bond acceptors (Lipinski definition) is 4. The first-order valence-electron chi connectivity index (χ1n) is 11.1. The summed E-state index contributed by atoms with van der Waals surface area (Å²) in [5, 5.41) is 13.7. The van der Waals surface area contributed by atoms with Crippen molar-refractivity contribution in [3.8, 4) is 16.9 Å². The minimum atomic E-state index is -0.445. The van der Waals surface area contributed by atoms with E-state index in [1.807, 2.05) is 54.6 Å². The van der Waals surface area contributed by atoms with Crippen LogP contribution in [0, 0.1) is 5.82 Å². The number of benzene rings is 3. The molecule has 0 radical (unpaired) electrons. The van der Waals surface area contributed by atoms with Gasteiger partial charge in [-0.3, -0.25) is 9.48 Å². The summed E-state index contributed by atoms with van der Waals surface area (Å²) in [5.74, 6) is -0.779. The third kappa shape index (κ3) is 5.39. The molecular weight excluding hydrogens is 479 g/mol. The van der Waals surface area contributed by atoms with Gasteiger partial charge in [0.15, 0.2) is 5.69 Å². The maximum absolute atomic E-state index is 13.5. The summed E-state index contributed by atoms with van der Waals surface area (Å²) < 4.78 is 16.8. The van der Waals surface area contributed by atoms with Crippen LogP contribution in [0.15, 0.2) is 102 Å². The van der Waals surface area contributed by atoms with Crippen LogP contribution in [0.4, 0.5) is 4.39 Å². The van der Waals surface area contributed by atoms with Crippen molar-refractivity contribution in [1.29, 1.82) is 0 Å². The number of halogens is 2. The van der Waals surface area contributed by atoms with E-state index in [0.717, 1.165) is 16.8 Å². The summed E-state index contributed by atoms with van der Waals surface area (Å²) in [6.45, 7) is 0.507. The third-order valence-electron chi connectivity index (χ3n) is 5.38.